The lowest BCUT2D eigenvalue weighted by molar-refractivity contribution is 0.0692. The van der Waals surface area contributed by atoms with Crippen LogP contribution in [-0.2, 0) is 0 Å². The molecule has 0 spiro atoms. The molecular weight excluding hydrogens is 196 g/mol. The maximum Gasteiger partial charge on any atom is 0.358 e. The van der Waals surface area contributed by atoms with Gasteiger partial charge < -0.3 is 5.11 Å². The molecule has 7 heteroatoms. The molecule has 2 rings (SSSR count). The number of nitrogens with zero attached hydrogens (tertiary/aromatic N) is 3. The molecule has 0 bridgehead atoms. The van der Waals surface area contributed by atoms with Gasteiger partial charge in [-0.1, -0.05) is 0 Å². The van der Waals surface area contributed by atoms with Crippen LogP contribution in [0.4, 0.5) is 0 Å². The highest BCUT2D eigenvalue weighted by atomic mass is 35.5. The minimum atomic E-state index is -1.15. The summed E-state index contributed by atoms with van der Waals surface area (Å²) in [5.74, 6) is -1.15. The third-order valence-corrected chi connectivity index (χ3v) is 1.66. The summed E-state index contributed by atoms with van der Waals surface area (Å²) in [7, 11) is 0. The van der Waals surface area contributed by atoms with Gasteiger partial charge in [0.2, 0.25) is 5.28 Å². The van der Waals surface area contributed by atoms with Gasteiger partial charge in [0.1, 0.15) is 11.0 Å². The Balaban J connectivity index is 2.79. The van der Waals surface area contributed by atoms with Crippen LogP contribution in [0.5, 0.6) is 0 Å². The van der Waals surface area contributed by atoms with Gasteiger partial charge in [0.15, 0.2) is 5.69 Å². The Morgan fingerprint density at radius 3 is 3.08 bits per heavy atom. The molecule has 0 atom stereocenters. The van der Waals surface area contributed by atoms with Crippen LogP contribution in [0.2, 0.25) is 5.28 Å². The standard InChI is InChI=1S/C6H3ClN4O2/c7-6-8-1-2-3(9-6)4(5(12)13)11-10-2/h1H,(H,10,11)(H,12,13). The molecule has 0 amide bonds. The average molecular weight is 199 g/mol. The molecule has 2 aromatic heterocycles. The number of H-pyrrole nitrogens is 1. The van der Waals surface area contributed by atoms with Crippen LogP contribution in [-0.4, -0.2) is 31.2 Å². The second-order valence-corrected chi connectivity index (χ2v) is 2.62. The predicted octanol–water partition coefficient (Wildman–Crippen LogP) is 0.704. The van der Waals surface area contributed by atoms with Gasteiger partial charge in [-0.3, -0.25) is 5.10 Å². The zero-order chi connectivity index (χ0) is 9.42. The predicted molar refractivity (Wildman–Crippen MR) is 43.7 cm³/mol. The third-order valence-electron chi connectivity index (χ3n) is 1.47. The summed E-state index contributed by atoms with van der Waals surface area (Å²) in [6.45, 7) is 0. The highest BCUT2D eigenvalue weighted by molar-refractivity contribution is 6.28. The first-order chi connectivity index (χ1) is 6.18. The highest BCUT2D eigenvalue weighted by Crippen LogP contribution is 2.13. The summed E-state index contributed by atoms with van der Waals surface area (Å²) < 4.78 is 0. The van der Waals surface area contributed by atoms with Crippen LogP contribution in [0.3, 0.4) is 0 Å². The van der Waals surface area contributed by atoms with E-state index >= 15 is 0 Å². The molecule has 66 valence electrons. The van der Waals surface area contributed by atoms with E-state index in [0.29, 0.717) is 5.52 Å². The third kappa shape index (κ3) is 1.20. The number of fused-ring (bicyclic) bond motifs is 1. The Hall–Kier alpha value is -1.69. The van der Waals surface area contributed by atoms with Crippen molar-refractivity contribution in [3.8, 4) is 0 Å². The fourth-order valence-corrected chi connectivity index (χ4v) is 1.07. The van der Waals surface area contributed by atoms with Gasteiger partial charge in [-0.05, 0) is 11.6 Å². The topological polar surface area (TPSA) is 91.8 Å². The minimum Gasteiger partial charge on any atom is -0.476 e. The number of halogens is 1. The van der Waals surface area contributed by atoms with E-state index in [1.54, 1.807) is 0 Å². The van der Waals surface area contributed by atoms with Crippen LogP contribution >= 0.6 is 11.6 Å². The number of carboxylic acids is 1. The summed E-state index contributed by atoms with van der Waals surface area (Å²) in [6, 6.07) is 0. The van der Waals surface area contributed by atoms with Gasteiger partial charge in [0, 0.05) is 0 Å². The first-order valence-corrected chi connectivity index (χ1v) is 3.66. The van der Waals surface area contributed by atoms with Crippen LogP contribution in [0, 0.1) is 0 Å². The fourth-order valence-electron chi connectivity index (χ4n) is 0.941. The molecule has 2 N–H and O–H groups in total. The van der Waals surface area contributed by atoms with Crippen LogP contribution in [0.25, 0.3) is 11.0 Å². The molecule has 0 radical (unpaired) electrons. The minimum absolute atomic E-state index is 0.00333. The smallest absolute Gasteiger partial charge is 0.358 e. The Morgan fingerprint density at radius 2 is 2.38 bits per heavy atom. The molecule has 0 aliphatic heterocycles. The molecule has 13 heavy (non-hydrogen) atoms. The molecule has 2 aromatic rings. The van der Waals surface area contributed by atoms with Crippen molar-refractivity contribution >= 4 is 28.6 Å². The largest absolute Gasteiger partial charge is 0.476 e. The van der Waals surface area contributed by atoms with Gasteiger partial charge in [-0.25, -0.2) is 14.8 Å². The molecule has 6 nitrogen and oxygen atoms in total. The van der Waals surface area contributed by atoms with Gasteiger partial charge >= 0.3 is 5.97 Å². The van der Waals surface area contributed by atoms with Crippen LogP contribution in [0.15, 0.2) is 6.20 Å². The van der Waals surface area contributed by atoms with Crippen molar-refractivity contribution in [2.75, 3.05) is 0 Å². The summed E-state index contributed by atoms with van der Waals surface area (Å²) in [4.78, 5) is 18.0. The summed E-state index contributed by atoms with van der Waals surface area (Å²) >= 11 is 5.50. The van der Waals surface area contributed by atoms with Crippen molar-refractivity contribution in [1.82, 2.24) is 20.2 Å². The van der Waals surface area contributed by atoms with Crippen LogP contribution < -0.4 is 0 Å². The van der Waals surface area contributed by atoms with E-state index in [4.69, 9.17) is 16.7 Å². The van der Waals surface area contributed by atoms with Crippen LogP contribution in [0.1, 0.15) is 10.5 Å². The Kier molecular flexibility index (Phi) is 1.63. The normalized spacial score (nSPS) is 10.5. The number of aromatic carboxylic acids is 1. The molecule has 0 aromatic carbocycles. The first-order valence-electron chi connectivity index (χ1n) is 3.28. The Labute approximate surface area is 76.6 Å². The van der Waals surface area contributed by atoms with Gasteiger partial charge in [-0.2, -0.15) is 5.10 Å². The quantitative estimate of drug-likeness (QED) is 0.659. The number of carbonyl (C=O) groups is 1. The number of rotatable bonds is 1. The monoisotopic (exact) mass is 198 g/mol. The second kappa shape index (κ2) is 2.67. The van der Waals surface area contributed by atoms with Gasteiger partial charge in [0.25, 0.3) is 0 Å². The maximum absolute atomic E-state index is 10.6. The average Bonchev–Trinajstić information content (AvgIpc) is 2.46. The highest BCUT2D eigenvalue weighted by Gasteiger charge is 2.14. The van der Waals surface area contributed by atoms with Crippen molar-refractivity contribution < 1.29 is 9.90 Å². The van der Waals surface area contributed by atoms with E-state index in [-0.39, 0.29) is 16.5 Å². The molecule has 0 aliphatic rings. The lowest BCUT2D eigenvalue weighted by Gasteiger charge is -1.89. The Bertz CT molecular complexity index is 480. The van der Waals surface area contributed by atoms with E-state index in [1.165, 1.54) is 6.20 Å². The van der Waals surface area contributed by atoms with E-state index in [0.717, 1.165) is 0 Å². The second-order valence-electron chi connectivity index (χ2n) is 2.28. The molecule has 0 fully saturated rings. The molecule has 0 aliphatic carbocycles. The van der Waals surface area contributed by atoms with E-state index in [1.807, 2.05) is 0 Å². The molecule has 0 saturated carbocycles. The summed E-state index contributed by atoms with van der Waals surface area (Å²) in [5.41, 5.74) is 0.508. The molecule has 2 heterocycles. The van der Waals surface area contributed by atoms with E-state index < -0.39 is 5.97 Å². The van der Waals surface area contributed by atoms with E-state index in [9.17, 15) is 4.79 Å². The van der Waals surface area contributed by atoms with Crippen molar-refractivity contribution in [3.05, 3.63) is 17.2 Å². The number of aromatic amines is 1. The lowest BCUT2D eigenvalue weighted by atomic mass is 10.3. The zero-order valence-corrected chi connectivity index (χ0v) is 6.91. The van der Waals surface area contributed by atoms with Crippen molar-refractivity contribution in [3.63, 3.8) is 0 Å². The van der Waals surface area contributed by atoms with Gasteiger partial charge in [-0.15, -0.1) is 0 Å². The van der Waals surface area contributed by atoms with E-state index in [2.05, 4.69) is 20.2 Å². The molecular formula is C6H3ClN4O2. The number of aromatic nitrogens is 4. The van der Waals surface area contributed by atoms with Crippen molar-refractivity contribution in [2.45, 2.75) is 0 Å². The zero-order valence-electron chi connectivity index (χ0n) is 6.15. The molecule has 0 saturated heterocycles. The SMILES string of the molecule is O=C(O)c1n[nH]c2cnc(Cl)nc12. The molecule has 0 unspecified atom stereocenters. The number of hydrogen-bond donors (Lipinski definition) is 2. The van der Waals surface area contributed by atoms with Crippen molar-refractivity contribution in [2.24, 2.45) is 0 Å². The fraction of sp³-hybridized carbons (Fsp3) is 0. The maximum atomic E-state index is 10.6. The number of carboxylic acid groups (broad SMARTS) is 1. The van der Waals surface area contributed by atoms with Crippen molar-refractivity contribution in [1.29, 1.82) is 0 Å². The number of hydrogen-bond acceptors (Lipinski definition) is 4. The summed E-state index contributed by atoms with van der Waals surface area (Å²) in [6.07, 6.45) is 1.38. The Morgan fingerprint density at radius 1 is 1.62 bits per heavy atom. The summed E-state index contributed by atoms with van der Waals surface area (Å²) in [5, 5.41) is 14.7. The number of nitrogens with one attached hydrogen (secondary N) is 1. The lowest BCUT2D eigenvalue weighted by Crippen LogP contribution is -1.98. The first kappa shape index (κ1) is 7.93. The van der Waals surface area contributed by atoms with Gasteiger partial charge in [0.05, 0.1) is 6.20 Å².